The van der Waals surface area contributed by atoms with Gasteiger partial charge in [-0.25, -0.2) is 9.78 Å². The van der Waals surface area contributed by atoms with Gasteiger partial charge in [-0.2, -0.15) is 0 Å². The summed E-state index contributed by atoms with van der Waals surface area (Å²) in [5, 5.41) is 15.6. The first-order valence-electron chi connectivity index (χ1n) is 5.92. The van der Waals surface area contributed by atoms with Crippen molar-refractivity contribution < 1.29 is 9.90 Å². The number of nitrogens with zero attached hydrogens (tertiary/aromatic N) is 1. The molecule has 1 saturated carbocycles. The Bertz CT molecular complexity index is 418. The lowest BCUT2D eigenvalue weighted by Crippen LogP contribution is -2.49. The van der Waals surface area contributed by atoms with Gasteiger partial charge in [-0.1, -0.05) is 17.7 Å². The average molecular weight is 270 g/mol. The fourth-order valence-corrected chi connectivity index (χ4v) is 1.87. The molecule has 0 aliphatic heterocycles. The van der Waals surface area contributed by atoms with E-state index in [0.717, 1.165) is 24.8 Å². The zero-order valence-corrected chi connectivity index (χ0v) is 10.7. The van der Waals surface area contributed by atoms with E-state index in [1.54, 1.807) is 18.3 Å². The van der Waals surface area contributed by atoms with Gasteiger partial charge in [0, 0.05) is 19.3 Å². The van der Waals surface area contributed by atoms with Crippen LogP contribution in [0.2, 0.25) is 5.15 Å². The Balaban J connectivity index is 1.69. The summed E-state index contributed by atoms with van der Waals surface area (Å²) in [7, 11) is 0. The van der Waals surface area contributed by atoms with Crippen molar-refractivity contribution in [2.75, 3.05) is 6.54 Å². The third-order valence-electron chi connectivity index (χ3n) is 3.10. The van der Waals surface area contributed by atoms with E-state index >= 15 is 0 Å². The van der Waals surface area contributed by atoms with E-state index in [2.05, 4.69) is 15.6 Å². The molecule has 1 aromatic rings. The first-order chi connectivity index (χ1) is 8.57. The van der Waals surface area contributed by atoms with E-state index in [1.807, 2.05) is 0 Å². The molecule has 1 heterocycles. The van der Waals surface area contributed by atoms with Gasteiger partial charge < -0.3 is 15.7 Å². The second kappa shape index (κ2) is 5.54. The second-order valence-electron chi connectivity index (χ2n) is 4.60. The van der Waals surface area contributed by atoms with Crippen molar-refractivity contribution in [3.63, 3.8) is 0 Å². The number of aliphatic hydroxyl groups is 1. The molecule has 0 bridgehead atoms. The number of carbonyl (C=O) groups is 1. The predicted molar refractivity (Wildman–Crippen MR) is 68.3 cm³/mol. The molecule has 0 aromatic carbocycles. The molecule has 1 fully saturated rings. The molecule has 0 radical (unpaired) electrons. The summed E-state index contributed by atoms with van der Waals surface area (Å²) in [5.41, 5.74) is 0.177. The van der Waals surface area contributed by atoms with Gasteiger partial charge in [-0.3, -0.25) is 0 Å². The lowest BCUT2D eigenvalue weighted by Gasteiger charge is -2.36. The number of hydrogen-bond donors (Lipinski definition) is 3. The molecule has 3 N–H and O–H groups in total. The number of carbonyl (C=O) groups excluding carboxylic acids is 1. The number of urea groups is 1. The standard InChI is InChI=1S/C12H16ClN3O2/c13-10-3-2-9(6-14-10)7-15-11(17)16-8-12(18)4-1-5-12/h2-3,6,18H,1,4-5,7-8H2,(H2,15,16,17). The molecule has 0 atom stereocenters. The van der Waals surface area contributed by atoms with Crippen LogP contribution in [0, 0.1) is 0 Å². The normalized spacial score (nSPS) is 16.8. The van der Waals surface area contributed by atoms with Crippen molar-refractivity contribution in [2.45, 2.75) is 31.4 Å². The smallest absolute Gasteiger partial charge is 0.315 e. The highest BCUT2D eigenvalue weighted by Gasteiger charge is 2.34. The topological polar surface area (TPSA) is 74.2 Å². The van der Waals surface area contributed by atoms with Crippen molar-refractivity contribution in [3.05, 3.63) is 29.0 Å². The molecule has 18 heavy (non-hydrogen) atoms. The Morgan fingerprint density at radius 3 is 2.78 bits per heavy atom. The summed E-state index contributed by atoms with van der Waals surface area (Å²) in [4.78, 5) is 15.4. The van der Waals surface area contributed by atoms with Crippen LogP contribution in [0.4, 0.5) is 4.79 Å². The van der Waals surface area contributed by atoms with Crippen LogP contribution < -0.4 is 10.6 Å². The van der Waals surface area contributed by atoms with E-state index in [9.17, 15) is 9.90 Å². The fourth-order valence-electron chi connectivity index (χ4n) is 1.76. The molecule has 5 nitrogen and oxygen atoms in total. The minimum Gasteiger partial charge on any atom is -0.388 e. The van der Waals surface area contributed by atoms with Gasteiger partial charge in [0.25, 0.3) is 0 Å². The van der Waals surface area contributed by atoms with E-state index in [-0.39, 0.29) is 6.03 Å². The molecule has 2 amide bonds. The van der Waals surface area contributed by atoms with Gasteiger partial charge in [0.05, 0.1) is 5.60 Å². The number of pyridine rings is 1. The van der Waals surface area contributed by atoms with Gasteiger partial charge in [-0.05, 0) is 30.9 Å². The summed E-state index contributed by atoms with van der Waals surface area (Å²) in [6.45, 7) is 0.687. The van der Waals surface area contributed by atoms with Crippen molar-refractivity contribution in [1.29, 1.82) is 0 Å². The number of halogens is 1. The SMILES string of the molecule is O=C(NCc1ccc(Cl)nc1)NCC1(O)CCC1. The monoisotopic (exact) mass is 269 g/mol. The van der Waals surface area contributed by atoms with Crippen molar-refractivity contribution in [3.8, 4) is 0 Å². The highest BCUT2D eigenvalue weighted by Crippen LogP contribution is 2.30. The van der Waals surface area contributed by atoms with Gasteiger partial charge in [0.2, 0.25) is 0 Å². The highest BCUT2D eigenvalue weighted by atomic mass is 35.5. The zero-order valence-electron chi connectivity index (χ0n) is 9.95. The molecule has 0 saturated heterocycles. The largest absolute Gasteiger partial charge is 0.388 e. The molecule has 1 aromatic heterocycles. The second-order valence-corrected chi connectivity index (χ2v) is 4.99. The number of amides is 2. The van der Waals surface area contributed by atoms with Gasteiger partial charge in [-0.15, -0.1) is 0 Å². The first-order valence-corrected chi connectivity index (χ1v) is 6.30. The Morgan fingerprint density at radius 2 is 2.22 bits per heavy atom. The number of aromatic nitrogens is 1. The molecule has 6 heteroatoms. The maximum atomic E-state index is 11.5. The average Bonchev–Trinajstić information content (AvgIpc) is 2.33. The first kappa shape index (κ1) is 13.1. The summed E-state index contributed by atoms with van der Waals surface area (Å²) >= 11 is 5.66. The summed E-state index contributed by atoms with van der Waals surface area (Å²) < 4.78 is 0. The van der Waals surface area contributed by atoms with E-state index in [1.165, 1.54) is 0 Å². The van der Waals surface area contributed by atoms with Crippen LogP contribution in [0.25, 0.3) is 0 Å². The molecule has 98 valence electrons. The lowest BCUT2D eigenvalue weighted by atomic mass is 9.80. The molecular weight excluding hydrogens is 254 g/mol. The van der Waals surface area contributed by atoms with Crippen molar-refractivity contribution in [1.82, 2.24) is 15.6 Å². The lowest BCUT2D eigenvalue weighted by molar-refractivity contribution is -0.0290. The Morgan fingerprint density at radius 1 is 1.44 bits per heavy atom. The van der Waals surface area contributed by atoms with E-state index < -0.39 is 5.60 Å². The third kappa shape index (κ3) is 3.58. The maximum absolute atomic E-state index is 11.5. The highest BCUT2D eigenvalue weighted by molar-refractivity contribution is 6.29. The summed E-state index contributed by atoms with van der Waals surface area (Å²) in [5.74, 6) is 0. The number of nitrogens with one attached hydrogen (secondary N) is 2. The van der Waals surface area contributed by atoms with Crippen molar-refractivity contribution in [2.24, 2.45) is 0 Å². The molecule has 1 aliphatic rings. The van der Waals surface area contributed by atoms with Crippen LogP contribution in [0.3, 0.4) is 0 Å². The Kier molecular flexibility index (Phi) is 4.04. The van der Waals surface area contributed by atoms with Crippen LogP contribution in [0.5, 0.6) is 0 Å². The third-order valence-corrected chi connectivity index (χ3v) is 3.33. The van der Waals surface area contributed by atoms with Gasteiger partial charge >= 0.3 is 6.03 Å². The van der Waals surface area contributed by atoms with Gasteiger partial charge in [0.1, 0.15) is 5.15 Å². The quantitative estimate of drug-likeness (QED) is 0.725. The van der Waals surface area contributed by atoms with Gasteiger partial charge in [0.15, 0.2) is 0 Å². The minimum atomic E-state index is -0.695. The van der Waals surface area contributed by atoms with Crippen LogP contribution in [0.15, 0.2) is 18.3 Å². The molecule has 2 rings (SSSR count). The molecular formula is C12H16ClN3O2. The van der Waals surface area contributed by atoms with Crippen LogP contribution in [0.1, 0.15) is 24.8 Å². The Hall–Kier alpha value is -1.33. The minimum absolute atomic E-state index is 0.287. The Labute approximate surface area is 111 Å². The molecule has 1 aliphatic carbocycles. The zero-order chi connectivity index (χ0) is 13.0. The van der Waals surface area contributed by atoms with Crippen LogP contribution >= 0.6 is 11.6 Å². The summed E-state index contributed by atoms with van der Waals surface area (Å²) in [6, 6.07) is 3.19. The van der Waals surface area contributed by atoms with Crippen molar-refractivity contribution >= 4 is 17.6 Å². The van der Waals surface area contributed by atoms with Crippen LogP contribution in [-0.2, 0) is 6.54 Å². The van der Waals surface area contributed by atoms with E-state index in [4.69, 9.17) is 11.6 Å². The predicted octanol–water partition coefficient (Wildman–Crippen LogP) is 1.45. The van der Waals surface area contributed by atoms with Crippen LogP contribution in [-0.4, -0.2) is 28.3 Å². The maximum Gasteiger partial charge on any atom is 0.315 e. The summed E-state index contributed by atoms with van der Waals surface area (Å²) in [6.07, 6.45) is 4.15. The molecule has 0 unspecified atom stereocenters. The van der Waals surface area contributed by atoms with E-state index in [0.29, 0.717) is 18.2 Å². The number of hydrogen-bond acceptors (Lipinski definition) is 3. The fraction of sp³-hybridized carbons (Fsp3) is 0.500. The molecule has 0 spiro atoms. The number of rotatable bonds is 4.